The molecule has 10 heteroatoms. The third-order valence-electron chi connectivity index (χ3n) is 4.99. The molecule has 0 fully saturated rings. The van der Waals surface area contributed by atoms with Crippen molar-refractivity contribution in [3.63, 3.8) is 0 Å². The van der Waals surface area contributed by atoms with Crippen molar-refractivity contribution in [2.24, 2.45) is 0 Å². The van der Waals surface area contributed by atoms with E-state index in [9.17, 15) is 14.7 Å². The van der Waals surface area contributed by atoms with Gasteiger partial charge < -0.3 is 20.1 Å². The van der Waals surface area contributed by atoms with Crippen LogP contribution in [0.3, 0.4) is 0 Å². The fraction of sp³-hybridized carbons (Fsp3) is 0.292. The van der Waals surface area contributed by atoms with Crippen LogP contribution in [-0.4, -0.2) is 62.1 Å². The van der Waals surface area contributed by atoms with Crippen LogP contribution < -0.4 is 15.0 Å². The van der Waals surface area contributed by atoms with Gasteiger partial charge in [0.25, 0.3) is 5.91 Å². The number of fused-ring (bicyclic) bond motifs is 1. The van der Waals surface area contributed by atoms with Gasteiger partial charge in [-0.25, -0.2) is 14.8 Å². The number of carbonyl (C=O) groups is 2. The molecule has 3 heterocycles. The van der Waals surface area contributed by atoms with Gasteiger partial charge in [-0.05, 0) is 43.7 Å². The molecule has 0 radical (unpaired) electrons. The second kappa shape index (κ2) is 9.33. The minimum Gasteiger partial charge on any atom is -0.489 e. The number of likely N-dealkylation sites (N-methyl/N-ethyl adjacent to an activating group) is 1. The summed E-state index contributed by atoms with van der Waals surface area (Å²) < 4.78 is 6.94. The predicted molar refractivity (Wildman–Crippen MR) is 123 cm³/mol. The number of anilines is 1. The average Bonchev–Trinajstić information content (AvgIpc) is 3.24. The molecule has 0 unspecified atom stereocenters. The molecule has 0 spiro atoms. The first-order valence-corrected chi connectivity index (χ1v) is 10.6. The molecule has 2 amide bonds. The second-order valence-electron chi connectivity index (χ2n) is 8.34. The number of nitrogens with one attached hydrogen (secondary N) is 1. The molecule has 34 heavy (non-hydrogen) atoms. The van der Waals surface area contributed by atoms with Gasteiger partial charge in [0.2, 0.25) is 0 Å². The van der Waals surface area contributed by atoms with E-state index in [-0.39, 0.29) is 12.5 Å². The number of hydrogen-bond acceptors (Lipinski definition) is 7. The summed E-state index contributed by atoms with van der Waals surface area (Å²) in [4.78, 5) is 35.5. The van der Waals surface area contributed by atoms with Crippen LogP contribution in [0, 0.1) is 11.8 Å². The molecule has 0 bridgehead atoms. The van der Waals surface area contributed by atoms with E-state index in [4.69, 9.17) is 4.74 Å². The van der Waals surface area contributed by atoms with E-state index in [1.807, 2.05) is 0 Å². The lowest BCUT2D eigenvalue weighted by Gasteiger charge is -2.20. The molecule has 10 nitrogen and oxygen atoms in total. The van der Waals surface area contributed by atoms with Gasteiger partial charge in [0.1, 0.15) is 29.8 Å². The molecule has 4 rings (SSSR count). The molecule has 0 aliphatic carbocycles. The van der Waals surface area contributed by atoms with Gasteiger partial charge >= 0.3 is 6.03 Å². The summed E-state index contributed by atoms with van der Waals surface area (Å²) in [6, 6.07) is 5.42. The van der Waals surface area contributed by atoms with Crippen molar-refractivity contribution in [1.82, 2.24) is 25.1 Å². The first kappa shape index (κ1) is 22.9. The number of aromatic nitrogens is 4. The second-order valence-corrected chi connectivity index (χ2v) is 8.34. The fourth-order valence-corrected chi connectivity index (χ4v) is 3.29. The molecule has 1 aliphatic rings. The first-order chi connectivity index (χ1) is 16.2. The highest BCUT2D eigenvalue weighted by Crippen LogP contribution is 2.31. The molecular weight excluding hydrogens is 436 g/mol. The molecule has 1 aromatic carbocycles. The Morgan fingerprint density at radius 2 is 2.09 bits per heavy atom. The number of ether oxygens (including phenoxy) is 1. The van der Waals surface area contributed by atoms with Crippen LogP contribution in [-0.2, 0) is 11.2 Å². The minimum atomic E-state index is -1.14. The van der Waals surface area contributed by atoms with Crippen molar-refractivity contribution in [3.05, 3.63) is 66.0 Å². The lowest BCUT2D eigenvalue weighted by molar-refractivity contribution is -0.120. The number of carbonyl (C=O) groups excluding carboxylic acids is 2. The van der Waals surface area contributed by atoms with Crippen LogP contribution in [0.25, 0.3) is 0 Å². The van der Waals surface area contributed by atoms with Crippen LogP contribution in [0.2, 0.25) is 0 Å². The normalized spacial score (nSPS) is 15.5. The summed E-state index contributed by atoms with van der Waals surface area (Å²) in [5.74, 6) is 6.40. The van der Waals surface area contributed by atoms with Crippen molar-refractivity contribution in [1.29, 1.82) is 0 Å². The maximum atomic E-state index is 13.1. The number of rotatable bonds is 3. The largest absolute Gasteiger partial charge is 0.489 e. The van der Waals surface area contributed by atoms with E-state index in [2.05, 4.69) is 32.2 Å². The Labute approximate surface area is 196 Å². The van der Waals surface area contributed by atoms with E-state index in [1.165, 1.54) is 4.90 Å². The topological polar surface area (TPSA) is 122 Å². The zero-order valence-corrected chi connectivity index (χ0v) is 19.0. The maximum Gasteiger partial charge on any atom is 0.342 e. The Balaban J connectivity index is 1.46. The van der Waals surface area contributed by atoms with Crippen LogP contribution in [0.5, 0.6) is 5.75 Å². The third kappa shape index (κ3) is 5.39. The Bertz CT molecular complexity index is 1270. The number of hydrogen-bond donors (Lipinski definition) is 2. The van der Waals surface area contributed by atoms with Crippen molar-refractivity contribution in [2.45, 2.75) is 31.9 Å². The van der Waals surface area contributed by atoms with Crippen molar-refractivity contribution in [2.75, 3.05) is 18.6 Å². The molecule has 174 valence electrons. The highest BCUT2D eigenvalue weighted by Gasteiger charge is 2.31. The monoisotopic (exact) mass is 460 g/mol. The molecule has 1 aliphatic heterocycles. The summed E-state index contributed by atoms with van der Waals surface area (Å²) in [5, 5.41) is 16.6. The van der Waals surface area contributed by atoms with E-state index in [0.717, 1.165) is 10.2 Å². The van der Waals surface area contributed by atoms with Crippen molar-refractivity contribution >= 4 is 17.6 Å². The van der Waals surface area contributed by atoms with E-state index >= 15 is 0 Å². The predicted octanol–water partition coefficient (Wildman–Crippen LogP) is 1.37. The van der Waals surface area contributed by atoms with Crippen molar-refractivity contribution < 1.29 is 19.4 Å². The van der Waals surface area contributed by atoms with Gasteiger partial charge in [0.15, 0.2) is 0 Å². The van der Waals surface area contributed by atoms with E-state index in [1.54, 1.807) is 69.9 Å². The summed E-state index contributed by atoms with van der Waals surface area (Å²) in [6.45, 7) is 3.14. The molecule has 0 saturated heterocycles. The SMILES string of the molecule is CN1C(=O)[C@H](NC(=O)n2cc(Cc3ncccn3)cn2)COc2ccc(C#CC(C)(C)O)cc21. The number of aliphatic hydroxyl groups is 1. The molecule has 2 N–H and O–H groups in total. The number of benzene rings is 1. The molecule has 3 aromatic rings. The van der Waals surface area contributed by atoms with Gasteiger partial charge in [-0.3, -0.25) is 4.79 Å². The van der Waals surface area contributed by atoms with Gasteiger partial charge in [-0.15, -0.1) is 0 Å². The zero-order chi connectivity index (χ0) is 24.3. The first-order valence-electron chi connectivity index (χ1n) is 10.6. The van der Waals surface area contributed by atoms with Gasteiger partial charge in [0, 0.05) is 37.6 Å². The molecule has 0 saturated carbocycles. The van der Waals surface area contributed by atoms with Crippen LogP contribution in [0.1, 0.15) is 30.8 Å². The van der Waals surface area contributed by atoms with Gasteiger partial charge in [0.05, 0.1) is 11.9 Å². The quantitative estimate of drug-likeness (QED) is 0.566. The third-order valence-corrected chi connectivity index (χ3v) is 4.99. The van der Waals surface area contributed by atoms with Gasteiger partial charge in [-0.1, -0.05) is 11.8 Å². The van der Waals surface area contributed by atoms with Crippen LogP contribution >= 0.6 is 0 Å². The van der Waals surface area contributed by atoms with E-state index in [0.29, 0.717) is 29.2 Å². The fourth-order valence-electron chi connectivity index (χ4n) is 3.29. The summed E-state index contributed by atoms with van der Waals surface area (Å²) in [6.07, 6.45) is 6.85. The Morgan fingerprint density at radius 3 is 2.82 bits per heavy atom. The molecule has 2 aromatic heterocycles. The smallest absolute Gasteiger partial charge is 0.342 e. The minimum absolute atomic E-state index is 0.0391. The molecular formula is C24H24N6O4. The van der Waals surface area contributed by atoms with Crippen LogP contribution in [0.4, 0.5) is 10.5 Å². The Kier molecular flexibility index (Phi) is 6.30. The van der Waals surface area contributed by atoms with Crippen molar-refractivity contribution in [3.8, 4) is 17.6 Å². The lowest BCUT2D eigenvalue weighted by Crippen LogP contribution is -2.50. The Morgan fingerprint density at radius 1 is 1.32 bits per heavy atom. The number of amides is 2. The van der Waals surface area contributed by atoms with Gasteiger partial charge in [-0.2, -0.15) is 9.78 Å². The lowest BCUT2D eigenvalue weighted by atomic mass is 10.1. The highest BCUT2D eigenvalue weighted by atomic mass is 16.5. The van der Waals surface area contributed by atoms with E-state index < -0.39 is 17.7 Å². The molecule has 1 atom stereocenters. The summed E-state index contributed by atoms with van der Waals surface area (Å²) in [7, 11) is 1.61. The average molecular weight is 460 g/mol. The standard InChI is InChI=1S/C24H24N6O4/c1-24(2,33)8-7-16-5-6-20-19(11-16)29(3)22(31)18(15-34-20)28-23(32)30-14-17(13-27-30)12-21-25-9-4-10-26-21/h4-6,9-11,13-14,18,33H,12,15H2,1-3H3,(H,28,32)/t18-/m1/s1. The number of nitrogens with zero attached hydrogens (tertiary/aromatic N) is 5. The van der Waals surface area contributed by atoms with Crippen LogP contribution in [0.15, 0.2) is 49.1 Å². The summed E-state index contributed by atoms with van der Waals surface area (Å²) >= 11 is 0. The summed E-state index contributed by atoms with van der Waals surface area (Å²) in [5.41, 5.74) is 0.765. The zero-order valence-electron chi connectivity index (χ0n) is 19.0. The maximum absolute atomic E-state index is 13.1. The Hall–Kier alpha value is -4.23. The highest BCUT2D eigenvalue weighted by molar-refractivity contribution is 6.00.